The fourth-order valence-corrected chi connectivity index (χ4v) is 3.40. The monoisotopic (exact) mass is 450 g/mol. The Hall–Kier alpha value is -3.26. The first-order valence-corrected chi connectivity index (χ1v) is 10.3. The van der Waals surface area contributed by atoms with Crippen molar-refractivity contribution in [2.24, 2.45) is 0 Å². The Morgan fingerprint density at radius 3 is 2.10 bits per heavy atom. The van der Waals surface area contributed by atoms with E-state index in [4.69, 9.17) is 27.9 Å². The predicted molar refractivity (Wildman–Crippen MR) is 125 cm³/mol. The Morgan fingerprint density at radius 2 is 1.55 bits per heavy atom. The molecule has 0 saturated heterocycles. The third-order valence-corrected chi connectivity index (χ3v) is 5.07. The Kier molecular flexibility index (Phi) is 7.36. The number of halogens is 2. The van der Waals surface area contributed by atoms with E-state index < -0.39 is 5.91 Å². The number of carbonyl (C=O) groups is 1. The number of amides is 1. The van der Waals surface area contributed by atoms with E-state index >= 15 is 0 Å². The molecule has 31 heavy (non-hydrogen) atoms. The minimum atomic E-state index is -0.515. The summed E-state index contributed by atoms with van der Waals surface area (Å²) in [6, 6.07) is 20.4. The standard InChI is InChI=1S/C25H20Cl2N2O2/c1-16-3-7-18(8-4-16)15-31-24-22(26)12-19(13-23(24)27)11-20(14-28)25(30)29-21-9-5-17(2)6-10-21/h3-13H,15H2,1-2H3,(H,29,30)/b20-11+. The first kappa shape index (κ1) is 22.4. The fourth-order valence-electron chi connectivity index (χ4n) is 2.79. The Morgan fingerprint density at radius 1 is 1.00 bits per heavy atom. The van der Waals surface area contributed by atoms with Gasteiger partial charge in [0.2, 0.25) is 0 Å². The lowest BCUT2D eigenvalue weighted by molar-refractivity contribution is -0.112. The molecular weight excluding hydrogens is 431 g/mol. The molecule has 6 heteroatoms. The summed E-state index contributed by atoms with van der Waals surface area (Å²) in [5, 5.41) is 12.7. The topological polar surface area (TPSA) is 62.1 Å². The summed E-state index contributed by atoms with van der Waals surface area (Å²) in [4.78, 5) is 12.5. The van der Waals surface area contributed by atoms with Gasteiger partial charge in [-0.1, -0.05) is 70.7 Å². The normalized spacial score (nSPS) is 11.0. The summed E-state index contributed by atoms with van der Waals surface area (Å²) >= 11 is 12.7. The molecule has 0 saturated carbocycles. The molecule has 4 nitrogen and oxygen atoms in total. The number of nitrogens with zero attached hydrogens (tertiary/aromatic N) is 1. The highest BCUT2D eigenvalue weighted by Crippen LogP contribution is 2.35. The van der Waals surface area contributed by atoms with Crippen LogP contribution in [0.4, 0.5) is 5.69 Å². The van der Waals surface area contributed by atoms with Crippen molar-refractivity contribution in [3.05, 3.63) is 98.5 Å². The summed E-state index contributed by atoms with van der Waals surface area (Å²) in [6.45, 7) is 4.28. The summed E-state index contributed by atoms with van der Waals surface area (Å²) in [6.07, 6.45) is 1.44. The smallest absolute Gasteiger partial charge is 0.266 e. The lowest BCUT2D eigenvalue weighted by atomic mass is 10.1. The second kappa shape index (κ2) is 10.2. The Labute approximate surface area is 191 Å². The van der Waals surface area contributed by atoms with Crippen LogP contribution in [-0.2, 0) is 11.4 Å². The molecular formula is C25H20Cl2N2O2. The molecule has 1 N–H and O–H groups in total. The van der Waals surface area contributed by atoms with Crippen LogP contribution in [0, 0.1) is 25.2 Å². The molecule has 3 aromatic carbocycles. The van der Waals surface area contributed by atoms with Gasteiger partial charge in [0.1, 0.15) is 18.2 Å². The summed E-state index contributed by atoms with van der Waals surface area (Å²) in [5.74, 6) is -0.165. The number of ether oxygens (including phenoxy) is 1. The van der Waals surface area contributed by atoms with Gasteiger partial charge >= 0.3 is 0 Å². The minimum absolute atomic E-state index is 0.0685. The second-order valence-corrected chi connectivity index (χ2v) is 7.89. The molecule has 0 fully saturated rings. The quantitative estimate of drug-likeness (QED) is 0.334. The van der Waals surface area contributed by atoms with E-state index in [0.29, 0.717) is 33.7 Å². The van der Waals surface area contributed by atoms with E-state index in [1.54, 1.807) is 24.3 Å². The molecule has 3 rings (SSSR count). The van der Waals surface area contributed by atoms with E-state index in [2.05, 4.69) is 5.32 Å². The van der Waals surface area contributed by atoms with Crippen LogP contribution in [-0.4, -0.2) is 5.91 Å². The van der Waals surface area contributed by atoms with Crippen molar-refractivity contribution in [1.29, 1.82) is 5.26 Å². The summed E-state index contributed by atoms with van der Waals surface area (Å²) < 4.78 is 5.79. The molecule has 0 atom stereocenters. The lowest BCUT2D eigenvalue weighted by Crippen LogP contribution is -2.13. The summed E-state index contributed by atoms with van der Waals surface area (Å²) in [7, 11) is 0. The molecule has 0 spiro atoms. The highest BCUT2D eigenvalue weighted by Gasteiger charge is 2.13. The zero-order chi connectivity index (χ0) is 22.4. The van der Waals surface area contributed by atoms with Crippen LogP contribution in [0.25, 0.3) is 6.08 Å². The van der Waals surface area contributed by atoms with Crippen LogP contribution < -0.4 is 10.1 Å². The SMILES string of the molecule is Cc1ccc(COc2c(Cl)cc(/C=C(\C#N)C(=O)Nc3ccc(C)cc3)cc2Cl)cc1. The highest BCUT2D eigenvalue weighted by atomic mass is 35.5. The number of hydrogen-bond acceptors (Lipinski definition) is 3. The van der Waals surface area contributed by atoms with E-state index in [1.807, 2.05) is 56.3 Å². The lowest BCUT2D eigenvalue weighted by Gasteiger charge is -2.11. The average Bonchev–Trinajstić information content (AvgIpc) is 2.74. The maximum absolute atomic E-state index is 12.5. The van der Waals surface area contributed by atoms with Crippen molar-refractivity contribution in [3.8, 4) is 11.8 Å². The Balaban J connectivity index is 1.76. The molecule has 0 aliphatic rings. The van der Waals surface area contributed by atoms with Gasteiger partial charge in [0.25, 0.3) is 5.91 Å². The molecule has 0 unspecified atom stereocenters. The van der Waals surface area contributed by atoms with Crippen LogP contribution in [0.15, 0.2) is 66.2 Å². The molecule has 0 bridgehead atoms. The van der Waals surface area contributed by atoms with E-state index in [0.717, 1.165) is 16.7 Å². The van der Waals surface area contributed by atoms with Crippen molar-refractivity contribution in [3.63, 3.8) is 0 Å². The molecule has 1 amide bonds. The first-order chi connectivity index (χ1) is 14.9. The third-order valence-electron chi connectivity index (χ3n) is 4.51. The molecule has 0 radical (unpaired) electrons. The number of carbonyl (C=O) groups excluding carboxylic acids is 1. The maximum Gasteiger partial charge on any atom is 0.266 e. The van der Waals surface area contributed by atoms with Crippen LogP contribution >= 0.6 is 23.2 Å². The molecule has 0 aliphatic heterocycles. The second-order valence-electron chi connectivity index (χ2n) is 7.08. The van der Waals surface area contributed by atoms with Gasteiger partial charge in [0.15, 0.2) is 5.75 Å². The number of aryl methyl sites for hydroxylation is 2. The zero-order valence-electron chi connectivity index (χ0n) is 17.1. The maximum atomic E-state index is 12.5. The van der Waals surface area contributed by atoms with Gasteiger partial charge in [-0.05, 0) is 55.3 Å². The van der Waals surface area contributed by atoms with Crippen molar-refractivity contribution >= 4 is 40.9 Å². The third kappa shape index (κ3) is 6.11. The number of nitriles is 1. The van der Waals surface area contributed by atoms with Crippen LogP contribution in [0.3, 0.4) is 0 Å². The zero-order valence-corrected chi connectivity index (χ0v) is 18.6. The number of rotatable bonds is 6. The van der Waals surface area contributed by atoms with Gasteiger partial charge in [-0.2, -0.15) is 5.26 Å². The van der Waals surface area contributed by atoms with Crippen LogP contribution in [0.1, 0.15) is 22.3 Å². The van der Waals surface area contributed by atoms with Crippen molar-refractivity contribution < 1.29 is 9.53 Å². The minimum Gasteiger partial charge on any atom is -0.486 e. The molecule has 0 aliphatic carbocycles. The van der Waals surface area contributed by atoms with Gasteiger partial charge in [-0.15, -0.1) is 0 Å². The number of nitrogens with one attached hydrogen (secondary N) is 1. The van der Waals surface area contributed by atoms with E-state index in [1.165, 1.54) is 6.08 Å². The van der Waals surface area contributed by atoms with Crippen molar-refractivity contribution in [2.75, 3.05) is 5.32 Å². The number of hydrogen-bond donors (Lipinski definition) is 1. The molecule has 0 aromatic heterocycles. The van der Waals surface area contributed by atoms with E-state index in [-0.39, 0.29) is 5.57 Å². The predicted octanol–water partition coefficient (Wildman–Crippen LogP) is 6.73. The van der Waals surface area contributed by atoms with Gasteiger partial charge in [-0.3, -0.25) is 4.79 Å². The fraction of sp³-hybridized carbons (Fsp3) is 0.120. The molecule has 0 heterocycles. The van der Waals surface area contributed by atoms with Crippen LogP contribution in [0.5, 0.6) is 5.75 Å². The van der Waals surface area contributed by atoms with Crippen LogP contribution in [0.2, 0.25) is 10.0 Å². The van der Waals surface area contributed by atoms with Gasteiger partial charge in [0.05, 0.1) is 10.0 Å². The number of benzene rings is 3. The average molecular weight is 451 g/mol. The highest BCUT2D eigenvalue weighted by molar-refractivity contribution is 6.37. The van der Waals surface area contributed by atoms with Crippen molar-refractivity contribution in [1.82, 2.24) is 0 Å². The van der Waals surface area contributed by atoms with Gasteiger partial charge in [0, 0.05) is 5.69 Å². The number of anilines is 1. The van der Waals surface area contributed by atoms with Crippen molar-refractivity contribution in [2.45, 2.75) is 20.5 Å². The van der Waals surface area contributed by atoms with Gasteiger partial charge < -0.3 is 10.1 Å². The first-order valence-electron chi connectivity index (χ1n) is 9.53. The largest absolute Gasteiger partial charge is 0.486 e. The van der Waals surface area contributed by atoms with E-state index in [9.17, 15) is 10.1 Å². The Bertz CT molecular complexity index is 1140. The van der Waals surface area contributed by atoms with Gasteiger partial charge in [-0.25, -0.2) is 0 Å². The summed E-state index contributed by atoms with van der Waals surface area (Å²) in [5.41, 5.74) is 4.28. The molecule has 3 aromatic rings. The molecule has 156 valence electrons.